The number of hydrogen-bond acceptors (Lipinski definition) is 6. The Hall–Kier alpha value is -3.39. The zero-order valence-electron chi connectivity index (χ0n) is 16.7. The van der Waals surface area contributed by atoms with Crippen molar-refractivity contribution in [2.75, 3.05) is 6.26 Å². The van der Waals surface area contributed by atoms with Crippen LogP contribution in [-0.4, -0.2) is 30.4 Å². The van der Waals surface area contributed by atoms with Crippen molar-refractivity contribution in [3.63, 3.8) is 0 Å². The average molecular weight is 438 g/mol. The van der Waals surface area contributed by atoms with Gasteiger partial charge in [-0.3, -0.25) is 9.78 Å². The number of sulfone groups is 1. The Morgan fingerprint density at radius 1 is 1.06 bits per heavy atom. The highest BCUT2D eigenvalue weighted by Crippen LogP contribution is 2.26. The van der Waals surface area contributed by atoms with Crippen LogP contribution in [-0.2, 0) is 27.5 Å². The first-order chi connectivity index (χ1) is 14.8. The molecule has 0 aliphatic heterocycles. The van der Waals surface area contributed by atoms with Gasteiger partial charge < -0.3 is 4.42 Å². The number of fused-ring (bicyclic) bond motifs is 1. The van der Waals surface area contributed by atoms with Crippen molar-refractivity contribution in [3.05, 3.63) is 89.8 Å². The second-order valence-electron chi connectivity index (χ2n) is 7.32. The predicted molar refractivity (Wildman–Crippen MR) is 113 cm³/mol. The highest BCUT2D eigenvalue weighted by molar-refractivity contribution is 7.90. The molecule has 31 heavy (non-hydrogen) atoms. The Labute approximate surface area is 178 Å². The van der Waals surface area contributed by atoms with Crippen molar-refractivity contribution in [2.24, 2.45) is 0 Å². The maximum atomic E-state index is 13.3. The molecule has 0 fully saturated rings. The van der Waals surface area contributed by atoms with Crippen LogP contribution in [0.4, 0.5) is 4.39 Å². The smallest absolute Gasteiger partial charge is 0.203 e. The Bertz CT molecular complexity index is 1300. The fraction of sp³-hybridized carbons (Fsp3) is 0.174. The number of aromatic nitrogens is 2. The monoisotopic (exact) mass is 438 g/mol. The van der Waals surface area contributed by atoms with E-state index in [2.05, 4.69) is 9.97 Å². The third-order valence-corrected chi connectivity index (χ3v) is 6.14. The topological polar surface area (TPSA) is 90.1 Å². The van der Waals surface area contributed by atoms with Gasteiger partial charge >= 0.3 is 0 Å². The van der Waals surface area contributed by atoms with E-state index in [1.165, 1.54) is 24.3 Å². The minimum Gasteiger partial charge on any atom is -0.440 e. The summed E-state index contributed by atoms with van der Waals surface area (Å²) < 4.78 is 42.5. The number of nitrogens with zero attached hydrogens (tertiary/aromatic N) is 2. The van der Waals surface area contributed by atoms with Crippen LogP contribution in [0, 0.1) is 5.82 Å². The number of benzene rings is 2. The number of Topliss-reactive ketones (excluding diaryl/α,β-unsaturated/α-hetero) is 1. The third-order valence-electron chi connectivity index (χ3n) is 5.01. The van der Waals surface area contributed by atoms with Crippen molar-refractivity contribution in [1.29, 1.82) is 0 Å². The maximum Gasteiger partial charge on any atom is 0.203 e. The first-order valence-corrected chi connectivity index (χ1v) is 11.5. The Balaban J connectivity index is 1.64. The SMILES string of the molecule is CS(=O)(=O)c1ccc(C(Cc2ccc(F)cc2)C(=O)Cc2nc3cnccc3o2)cc1. The van der Waals surface area contributed by atoms with Crippen molar-refractivity contribution in [2.45, 2.75) is 23.7 Å². The molecular weight excluding hydrogens is 419 g/mol. The number of halogens is 1. The number of rotatable bonds is 7. The van der Waals surface area contributed by atoms with E-state index in [9.17, 15) is 17.6 Å². The summed E-state index contributed by atoms with van der Waals surface area (Å²) in [5.41, 5.74) is 2.57. The highest BCUT2D eigenvalue weighted by atomic mass is 32.2. The zero-order chi connectivity index (χ0) is 22.0. The molecule has 0 radical (unpaired) electrons. The lowest BCUT2D eigenvalue weighted by Crippen LogP contribution is -2.18. The van der Waals surface area contributed by atoms with E-state index < -0.39 is 15.8 Å². The quantitative estimate of drug-likeness (QED) is 0.435. The number of carbonyl (C=O) groups is 1. The minimum atomic E-state index is -3.35. The van der Waals surface area contributed by atoms with Crippen LogP contribution in [0.5, 0.6) is 0 Å². The van der Waals surface area contributed by atoms with Gasteiger partial charge in [0.1, 0.15) is 17.1 Å². The Kier molecular flexibility index (Phi) is 5.65. The van der Waals surface area contributed by atoms with Gasteiger partial charge in [-0.25, -0.2) is 17.8 Å². The molecular formula is C23H19FN2O4S. The molecule has 2 aromatic carbocycles. The van der Waals surface area contributed by atoms with Crippen molar-refractivity contribution in [3.8, 4) is 0 Å². The molecule has 1 atom stereocenters. The first kappa shape index (κ1) is 20.9. The van der Waals surface area contributed by atoms with Crippen LogP contribution >= 0.6 is 0 Å². The zero-order valence-corrected chi connectivity index (χ0v) is 17.5. The number of pyridine rings is 1. The number of oxazole rings is 1. The van der Waals surface area contributed by atoms with Gasteiger partial charge in [0.15, 0.2) is 15.4 Å². The van der Waals surface area contributed by atoms with Crippen LogP contribution < -0.4 is 0 Å². The molecule has 2 heterocycles. The van der Waals surface area contributed by atoms with Crippen molar-refractivity contribution < 1.29 is 22.0 Å². The standard InChI is InChI=1S/C23H19FN2O4S/c1-31(28,29)18-8-4-16(5-9-18)19(12-15-2-6-17(24)7-3-15)21(27)13-23-26-20-14-25-11-10-22(20)30-23/h2-11,14,19H,12-13H2,1H3. The predicted octanol–water partition coefficient (Wildman–Crippen LogP) is 3.90. The normalized spacial score (nSPS) is 12.7. The summed E-state index contributed by atoms with van der Waals surface area (Å²) in [5.74, 6) is -0.794. The van der Waals surface area contributed by atoms with E-state index >= 15 is 0 Å². The largest absolute Gasteiger partial charge is 0.440 e. The summed E-state index contributed by atoms with van der Waals surface area (Å²) in [6.45, 7) is 0. The summed E-state index contributed by atoms with van der Waals surface area (Å²) in [7, 11) is -3.35. The van der Waals surface area contributed by atoms with Crippen LogP contribution in [0.15, 0.2) is 76.3 Å². The number of ketones is 1. The second kappa shape index (κ2) is 8.39. The molecule has 4 rings (SSSR count). The van der Waals surface area contributed by atoms with Gasteiger partial charge in [0.25, 0.3) is 0 Å². The molecule has 158 valence electrons. The molecule has 0 spiro atoms. The summed E-state index contributed by atoms with van der Waals surface area (Å²) in [4.78, 5) is 21.7. The van der Waals surface area contributed by atoms with Crippen molar-refractivity contribution >= 4 is 26.7 Å². The van der Waals surface area contributed by atoms with Crippen LogP contribution in [0.2, 0.25) is 0 Å². The average Bonchev–Trinajstić information content (AvgIpc) is 3.15. The van der Waals surface area contributed by atoms with Gasteiger partial charge in [-0.1, -0.05) is 24.3 Å². The van der Waals surface area contributed by atoms with Gasteiger partial charge in [-0.2, -0.15) is 0 Å². The minimum absolute atomic E-state index is 0.0334. The van der Waals surface area contributed by atoms with Gasteiger partial charge in [0, 0.05) is 24.4 Å². The molecule has 0 saturated carbocycles. The highest BCUT2D eigenvalue weighted by Gasteiger charge is 2.24. The molecule has 0 bridgehead atoms. The Morgan fingerprint density at radius 2 is 1.77 bits per heavy atom. The van der Waals surface area contributed by atoms with Gasteiger partial charge in [0.2, 0.25) is 5.89 Å². The third kappa shape index (κ3) is 4.86. The molecule has 2 aromatic heterocycles. The molecule has 0 saturated heterocycles. The fourth-order valence-corrected chi connectivity index (χ4v) is 4.03. The van der Waals surface area contributed by atoms with Crippen LogP contribution in [0.1, 0.15) is 22.9 Å². The molecule has 0 aliphatic carbocycles. The van der Waals surface area contributed by atoms with Gasteiger partial charge in [-0.05, 0) is 41.8 Å². The van der Waals surface area contributed by atoms with E-state index in [0.717, 1.165) is 11.8 Å². The lowest BCUT2D eigenvalue weighted by Gasteiger charge is -2.16. The van der Waals surface area contributed by atoms with Crippen LogP contribution in [0.25, 0.3) is 11.1 Å². The molecule has 1 unspecified atom stereocenters. The molecule has 0 amide bonds. The van der Waals surface area contributed by atoms with Crippen LogP contribution in [0.3, 0.4) is 0 Å². The molecule has 8 heteroatoms. The fourth-order valence-electron chi connectivity index (χ4n) is 3.40. The van der Waals surface area contributed by atoms with Gasteiger partial charge in [-0.15, -0.1) is 0 Å². The molecule has 0 aliphatic rings. The number of hydrogen-bond donors (Lipinski definition) is 0. The van der Waals surface area contributed by atoms with E-state index in [1.54, 1.807) is 42.7 Å². The summed E-state index contributed by atoms with van der Waals surface area (Å²) in [6.07, 6.45) is 4.57. The van der Waals surface area contributed by atoms with E-state index in [1.807, 2.05) is 0 Å². The lowest BCUT2D eigenvalue weighted by molar-refractivity contribution is -0.120. The Morgan fingerprint density at radius 3 is 2.42 bits per heavy atom. The second-order valence-corrected chi connectivity index (χ2v) is 9.33. The first-order valence-electron chi connectivity index (χ1n) is 9.56. The molecule has 0 N–H and O–H groups in total. The molecule has 6 nitrogen and oxygen atoms in total. The molecule has 4 aromatic rings. The maximum absolute atomic E-state index is 13.3. The summed E-state index contributed by atoms with van der Waals surface area (Å²) in [5, 5.41) is 0. The number of carbonyl (C=O) groups excluding carboxylic acids is 1. The van der Waals surface area contributed by atoms with E-state index in [4.69, 9.17) is 4.42 Å². The van der Waals surface area contributed by atoms with E-state index in [-0.39, 0.29) is 28.8 Å². The lowest BCUT2D eigenvalue weighted by atomic mass is 9.87. The summed E-state index contributed by atoms with van der Waals surface area (Å²) >= 11 is 0. The summed E-state index contributed by atoms with van der Waals surface area (Å²) in [6, 6.07) is 13.9. The van der Waals surface area contributed by atoms with E-state index in [0.29, 0.717) is 23.1 Å². The van der Waals surface area contributed by atoms with Crippen molar-refractivity contribution in [1.82, 2.24) is 9.97 Å². The van der Waals surface area contributed by atoms with Gasteiger partial charge in [0.05, 0.1) is 17.5 Å².